The summed E-state index contributed by atoms with van der Waals surface area (Å²) in [4.78, 5) is 30.7. The van der Waals surface area contributed by atoms with Crippen molar-refractivity contribution < 1.29 is 14.4 Å². The third-order valence-corrected chi connectivity index (χ3v) is 5.04. The minimum atomic E-state index is -0.697. The molecule has 2 heterocycles. The Bertz CT molecular complexity index is 778. The van der Waals surface area contributed by atoms with Crippen molar-refractivity contribution in [1.82, 2.24) is 9.78 Å². The molecule has 0 saturated heterocycles. The molecule has 1 aromatic carbocycles. The summed E-state index contributed by atoms with van der Waals surface area (Å²) in [5, 5.41) is 4.53. The van der Waals surface area contributed by atoms with E-state index < -0.39 is 5.97 Å². The first kappa shape index (κ1) is 16.8. The lowest BCUT2D eigenvalue weighted by molar-refractivity contribution is -0.143. The lowest BCUT2D eigenvalue weighted by Gasteiger charge is -2.29. The predicted molar refractivity (Wildman–Crippen MR) is 90.6 cm³/mol. The maximum absolute atomic E-state index is 12.8. The van der Waals surface area contributed by atoms with Crippen molar-refractivity contribution in [2.75, 3.05) is 11.4 Å². The molecule has 1 aliphatic rings. The monoisotopic (exact) mass is 366 g/mol. The summed E-state index contributed by atoms with van der Waals surface area (Å²) in [5.41, 5.74) is 0.985. The Kier molecular flexibility index (Phi) is 4.79. The number of fused-ring (bicyclic) bond motifs is 1. The number of thioether (sulfide) groups is 1. The van der Waals surface area contributed by atoms with Crippen LogP contribution in [0.25, 0.3) is 0 Å². The molecule has 9 heteroatoms. The van der Waals surface area contributed by atoms with Gasteiger partial charge < -0.3 is 4.84 Å². The molecule has 126 valence electrons. The number of nitrogens with two attached hydrogens (primary N) is 1. The normalized spacial score (nSPS) is 16.9. The van der Waals surface area contributed by atoms with Crippen LogP contribution in [-0.4, -0.2) is 33.5 Å². The van der Waals surface area contributed by atoms with E-state index in [9.17, 15) is 9.59 Å². The van der Waals surface area contributed by atoms with Gasteiger partial charge in [-0.2, -0.15) is 11.0 Å². The smallest absolute Gasteiger partial charge is 0.344 e. The summed E-state index contributed by atoms with van der Waals surface area (Å²) in [6, 6.07) is 7.34. The van der Waals surface area contributed by atoms with E-state index >= 15 is 0 Å². The molecule has 0 radical (unpaired) electrons. The van der Waals surface area contributed by atoms with Gasteiger partial charge in [0.05, 0.1) is 10.1 Å². The number of amides is 1. The maximum Gasteiger partial charge on any atom is 0.344 e. The summed E-state index contributed by atoms with van der Waals surface area (Å²) in [5.74, 6) is 4.45. The van der Waals surface area contributed by atoms with Gasteiger partial charge in [-0.25, -0.2) is 4.79 Å². The number of rotatable bonds is 4. The minimum absolute atomic E-state index is 0.202. The molecule has 2 aromatic rings. The van der Waals surface area contributed by atoms with Gasteiger partial charge in [-0.05, 0) is 24.1 Å². The fraction of sp³-hybridized carbons (Fsp3) is 0.267. The molecule has 2 N–H and O–H groups in total. The number of anilines is 1. The molecular weight excluding hydrogens is 352 g/mol. The van der Waals surface area contributed by atoms with Crippen LogP contribution >= 0.6 is 23.4 Å². The average molecular weight is 367 g/mol. The zero-order chi connectivity index (χ0) is 17.3. The molecule has 0 aliphatic carbocycles. The van der Waals surface area contributed by atoms with Crippen molar-refractivity contribution in [2.24, 2.45) is 12.9 Å². The molecule has 3 rings (SSSR count). The molecule has 1 aromatic heterocycles. The molecule has 1 amide bonds. The number of aromatic nitrogens is 2. The Hall–Kier alpha value is -2.03. The second kappa shape index (κ2) is 6.84. The first-order valence-electron chi connectivity index (χ1n) is 7.13. The molecule has 1 atom stereocenters. The highest BCUT2D eigenvalue weighted by Gasteiger charge is 2.37. The van der Waals surface area contributed by atoms with Crippen LogP contribution in [0.1, 0.15) is 5.56 Å². The van der Waals surface area contributed by atoms with Crippen LogP contribution in [0, 0.1) is 0 Å². The Morgan fingerprint density at radius 2 is 2.12 bits per heavy atom. The van der Waals surface area contributed by atoms with Gasteiger partial charge in [0.2, 0.25) is 5.91 Å². The highest BCUT2D eigenvalue weighted by Crippen LogP contribution is 2.39. The molecule has 0 saturated carbocycles. The maximum atomic E-state index is 12.8. The zero-order valence-electron chi connectivity index (χ0n) is 12.8. The van der Waals surface area contributed by atoms with Gasteiger partial charge in [0.25, 0.3) is 0 Å². The van der Waals surface area contributed by atoms with Crippen LogP contribution in [-0.2, 0) is 27.9 Å². The van der Waals surface area contributed by atoms with E-state index in [4.69, 9.17) is 17.5 Å². The largest absolute Gasteiger partial charge is 0.372 e. The molecular formula is C15H15ClN4O3S. The molecule has 1 aliphatic heterocycles. The molecule has 0 bridgehead atoms. The van der Waals surface area contributed by atoms with Gasteiger partial charge in [0.1, 0.15) is 6.54 Å². The Labute approximate surface area is 147 Å². The number of benzene rings is 1. The van der Waals surface area contributed by atoms with Gasteiger partial charge >= 0.3 is 5.97 Å². The van der Waals surface area contributed by atoms with Crippen molar-refractivity contribution in [3.8, 4) is 0 Å². The van der Waals surface area contributed by atoms with Crippen molar-refractivity contribution in [2.45, 2.75) is 16.6 Å². The van der Waals surface area contributed by atoms with Gasteiger partial charge in [-0.15, -0.1) is 11.8 Å². The first-order valence-corrected chi connectivity index (χ1v) is 8.39. The van der Waals surface area contributed by atoms with E-state index in [0.29, 0.717) is 17.3 Å². The van der Waals surface area contributed by atoms with Crippen LogP contribution in [0.2, 0.25) is 5.02 Å². The van der Waals surface area contributed by atoms with Gasteiger partial charge in [0, 0.05) is 18.3 Å². The fourth-order valence-electron chi connectivity index (χ4n) is 2.49. The zero-order valence-corrected chi connectivity index (χ0v) is 14.4. The topological polar surface area (TPSA) is 90.4 Å². The van der Waals surface area contributed by atoms with Crippen molar-refractivity contribution in [3.05, 3.63) is 41.0 Å². The number of aryl methyl sites for hydroxylation is 1. The van der Waals surface area contributed by atoms with Crippen LogP contribution in [0.5, 0.6) is 0 Å². The van der Waals surface area contributed by atoms with Crippen LogP contribution in [0.4, 0.5) is 5.82 Å². The third-order valence-electron chi connectivity index (χ3n) is 3.60. The fourth-order valence-corrected chi connectivity index (χ4v) is 3.90. The SMILES string of the molecule is Cn1cc2c(n1)N(CC(=O)ON)C(=O)C(Cc1ccc(Cl)cc1)S2. The van der Waals surface area contributed by atoms with Crippen LogP contribution in [0.3, 0.4) is 0 Å². The van der Waals surface area contributed by atoms with E-state index in [-0.39, 0.29) is 17.7 Å². The van der Waals surface area contributed by atoms with Crippen molar-refractivity contribution in [1.29, 1.82) is 0 Å². The Morgan fingerprint density at radius 3 is 2.79 bits per heavy atom. The second-order valence-corrected chi connectivity index (χ2v) is 7.02. The number of carbonyl (C=O) groups excluding carboxylic acids is 2. The minimum Gasteiger partial charge on any atom is -0.372 e. The summed E-state index contributed by atoms with van der Waals surface area (Å²) in [6.07, 6.45) is 2.34. The molecule has 24 heavy (non-hydrogen) atoms. The first-order chi connectivity index (χ1) is 11.5. The predicted octanol–water partition coefficient (Wildman–Crippen LogP) is 1.54. The highest BCUT2D eigenvalue weighted by molar-refractivity contribution is 8.01. The van der Waals surface area contributed by atoms with E-state index in [2.05, 4.69) is 9.94 Å². The number of hydrogen-bond acceptors (Lipinski definition) is 6. The number of carbonyl (C=O) groups is 2. The molecule has 7 nitrogen and oxygen atoms in total. The van der Waals surface area contributed by atoms with Crippen molar-refractivity contribution >= 4 is 41.1 Å². The molecule has 0 fully saturated rings. The second-order valence-electron chi connectivity index (χ2n) is 5.34. The lowest BCUT2D eigenvalue weighted by Crippen LogP contribution is -2.45. The van der Waals surface area contributed by atoms with E-state index in [0.717, 1.165) is 10.5 Å². The quantitative estimate of drug-likeness (QED) is 0.825. The van der Waals surface area contributed by atoms with Crippen LogP contribution < -0.4 is 10.8 Å². The van der Waals surface area contributed by atoms with Crippen LogP contribution in [0.15, 0.2) is 35.4 Å². The number of hydrogen-bond donors (Lipinski definition) is 1. The average Bonchev–Trinajstić information content (AvgIpc) is 2.93. The lowest BCUT2D eigenvalue weighted by atomic mass is 10.1. The van der Waals surface area contributed by atoms with Gasteiger partial charge in [0.15, 0.2) is 5.82 Å². The number of nitrogens with zero attached hydrogens (tertiary/aromatic N) is 3. The summed E-state index contributed by atoms with van der Waals surface area (Å²) in [7, 11) is 1.76. The van der Waals surface area contributed by atoms with Crippen molar-refractivity contribution in [3.63, 3.8) is 0 Å². The van der Waals surface area contributed by atoms with E-state index in [1.165, 1.54) is 16.7 Å². The standard InChI is InChI=1S/C15H15ClN4O3S/c1-19-7-12-14(18-19)20(8-13(21)23-17)15(22)11(24-12)6-9-2-4-10(16)5-3-9/h2-5,7,11H,6,8,17H2,1H3. The third kappa shape index (κ3) is 3.40. The summed E-state index contributed by atoms with van der Waals surface area (Å²) < 4.78 is 1.61. The van der Waals surface area contributed by atoms with E-state index in [1.807, 2.05) is 18.3 Å². The highest BCUT2D eigenvalue weighted by atomic mass is 35.5. The summed E-state index contributed by atoms with van der Waals surface area (Å²) >= 11 is 7.33. The Balaban J connectivity index is 1.87. The van der Waals surface area contributed by atoms with E-state index in [1.54, 1.807) is 23.9 Å². The molecule has 0 spiro atoms. The molecule has 1 unspecified atom stereocenters. The van der Waals surface area contributed by atoms with Gasteiger partial charge in [-0.3, -0.25) is 14.4 Å². The summed E-state index contributed by atoms with van der Waals surface area (Å²) in [6.45, 7) is -0.267. The Morgan fingerprint density at radius 1 is 1.42 bits per heavy atom. The number of halogens is 1. The van der Waals surface area contributed by atoms with Gasteiger partial charge in [-0.1, -0.05) is 23.7 Å².